The Hall–Kier alpha value is -0.910. The van der Waals surface area contributed by atoms with Crippen molar-refractivity contribution in [1.29, 1.82) is 0 Å². The van der Waals surface area contributed by atoms with Crippen molar-refractivity contribution in [1.82, 2.24) is 4.31 Å². The summed E-state index contributed by atoms with van der Waals surface area (Å²) in [5.41, 5.74) is 0.952. The number of aliphatic hydroxyl groups excluding tert-OH is 1. The van der Waals surface area contributed by atoms with Gasteiger partial charge >= 0.3 is 0 Å². The third-order valence-electron chi connectivity index (χ3n) is 3.03. The van der Waals surface area contributed by atoms with Crippen LogP contribution in [0, 0.1) is 0 Å². The molecule has 0 radical (unpaired) electrons. The van der Waals surface area contributed by atoms with Crippen LogP contribution in [0.1, 0.15) is 18.4 Å². The molecule has 0 spiro atoms. The van der Waals surface area contributed by atoms with Gasteiger partial charge in [-0.15, -0.1) is 0 Å². The Bertz CT molecular complexity index is 461. The first-order chi connectivity index (χ1) is 8.14. The quantitative estimate of drug-likeness (QED) is 0.873. The molecular formula is C12H17NO3S. The highest BCUT2D eigenvalue weighted by Crippen LogP contribution is 2.21. The van der Waals surface area contributed by atoms with Crippen molar-refractivity contribution in [3.8, 4) is 0 Å². The SMILES string of the molecule is O=S(=O)(c1ccc(CCO)cc1)N1CCCC1. The number of benzene rings is 1. The van der Waals surface area contributed by atoms with Crippen LogP contribution in [0.25, 0.3) is 0 Å². The summed E-state index contributed by atoms with van der Waals surface area (Å²) in [6, 6.07) is 6.77. The summed E-state index contributed by atoms with van der Waals surface area (Å²) in [4.78, 5) is 0.348. The number of nitrogens with zero attached hydrogens (tertiary/aromatic N) is 1. The van der Waals surface area contributed by atoms with Gasteiger partial charge in [0.05, 0.1) is 4.90 Å². The Kier molecular flexibility index (Phi) is 3.81. The Labute approximate surface area is 102 Å². The largest absolute Gasteiger partial charge is 0.396 e. The predicted molar refractivity (Wildman–Crippen MR) is 65.2 cm³/mol. The smallest absolute Gasteiger partial charge is 0.243 e. The van der Waals surface area contributed by atoms with Gasteiger partial charge < -0.3 is 5.11 Å². The van der Waals surface area contributed by atoms with Gasteiger partial charge in [-0.1, -0.05) is 12.1 Å². The Balaban J connectivity index is 2.21. The molecule has 1 fully saturated rings. The molecule has 1 heterocycles. The maximum absolute atomic E-state index is 12.2. The molecule has 0 aromatic heterocycles. The standard InChI is InChI=1S/C12H17NO3S/c14-10-7-11-3-5-12(6-4-11)17(15,16)13-8-1-2-9-13/h3-6,14H,1-2,7-10H2. The second-order valence-electron chi connectivity index (χ2n) is 4.23. The van der Waals surface area contributed by atoms with Gasteiger partial charge in [0, 0.05) is 19.7 Å². The minimum absolute atomic E-state index is 0.0816. The first-order valence-electron chi connectivity index (χ1n) is 5.84. The van der Waals surface area contributed by atoms with E-state index >= 15 is 0 Å². The van der Waals surface area contributed by atoms with Gasteiger partial charge in [-0.25, -0.2) is 8.42 Å². The molecule has 1 aliphatic heterocycles. The lowest BCUT2D eigenvalue weighted by Gasteiger charge is -2.15. The van der Waals surface area contributed by atoms with Crippen LogP contribution < -0.4 is 0 Å². The van der Waals surface area contributed by atoms with E-state index in [4.69, 9.17) is 5.11 Å². The molecule has 4 nitrogen and oxygen atoms in total. The molecule has 0 aliphatic carbocycles. The van der Waals surface area contributed by atoms with Crippen molar-refractivity contribution in [3.63, 3.8) is 0 Å². The molecule has 2 rings (SSSR count). The topological polar surface area (TPSA) is 57.6 Å². The van der Waals surface area contributed by atoms with E-state index in [1.807, 2.05) is 0 Å². The molecule has 1 aromatic rings. The molecule has 1 aliphatic rings. The fourth-order valence-corrected chi connectivity index (χ4v) is 3.55. The molecule has 0 atom stereocenters. The van der Waals surface area contributed by atoms with Gasteiger partial charge in [0.25, 0.3) is 0 Å². The monoisotopic (exact) mass is 255 g/mol. The number of sulfonamides is 1. The van der Waals surface area contributed by atoms with E-state index < -0.39 is 10.0 Å². The fourth-order valence-electron chi connectivity index (χ4n) is 2.03. The highest BCUT2D eigenvalue weighted by Gasteiger charge is 2.26. The zero-order chi connectivity index (χ0) is 12.3. The molecule has 17 heavy (non-hydrogen) atoms. The minimum atomic E-state index is -3.30. The van der Waals surface area contributed by atoms with E-state index in [0.29, 0.717) is 24.4 Å². The first kappa shape index (κ1) is 12.5. The van der Waals surface area contributed by atoms with Crippen LogP contribution in [-0.2, 0) is 16.4 Å². The highest BCUT2D eigenvalue weighted by atomic mass is 32.2. The lowest BCUT2D eigenvalue weighted by atomic mass is 10.2. The van der Waals surface area contributed by atoms with E-state index in [9.17, 15) is 8.42 Å². The Morgan fingerprint density at radius 2 is 1.71 bits per heavy atom. The van der Waals surface area contributed by atoms with Crippen LogP contribution in [0.5, 0.6) is 0 Å². The normalized spacial score (nSPS) is 17.5. The summed E-state index contributed by atoms with van der Waals surface area (Å²) in [7, 11) is -3.30. The Morgan fingerprint density at radius 3 is 2.24 bits per heavy atom. The number of hydrogen-bond acceptors (Lipinski definition) is 3. The van der Waals surface area contributed by atoms with Crippen molar-refractivity contribution in [2.24, 2.45) is 0 Å². The molecule has 1 N–H and O–H groups in total. The zero-order valence-corrected chi connectivity index (χ0v) is 10.5. The average molecular weight is 255 g/mol. The highest BCUT2D eigenvalue weighted by molar-refractivity contribution is 7.89. The van der Waals surface area contributed by atoms with Gasteiger partial charge in [-0.3, -0.25) is 0 Å². The summed E-state index contributed by atoms with van der Waals surface area (Å²) >= 11 is 0. The van der Waals surface area contributed by atoms with E-state index in [0.717, 1.165) is 18.4 Å². The Morgan fingerprint density at radius 1 is 1.12 bits per heavy atom. The van der Waals surface area contributed by atoms with Crippen LogP contribution in [0.2, 0.25) is 0 Å². The van der Waals surface area contributed by atoms with E-state index in [1.165, 1.54) is 4.31 Å². The minimum Gasteiger partial charge on any atom is -0.396 e. The van der Waals surface area contributed by atoms with Gasteiger partial charge in [0.15, 0.2) is 0 Å². The van der Waals surface area contributed by atoms with E-state index in [-0.39, 0.29) is 6.61 Å². The van der Waals surface area contributed by atoms with Crippen LogP contribution in [0.15, 0.2) is 29.2 Å². The molecular weight excluding hydrogens is 238 g/mol. The maximum Gasteiger partial charge on any atom is 0.243 e. The van der Waals surface area contributed by atoms with Gasteiger partial charge in [-0.2, -0.15) is 4.31 Å². The molecule has 94 valence electrons. The average Bonchev–Trinajstić information content (AvgIpc) is 2.84. The summed E-state index contributed by atoms with van der Waals surface area (Å²) in [5.74, 6) is 0. The summed E-state index contributed by atoms with van der Waals surface area (Å²) in [6.45, 7) is 1.33. The molecule has 0 bridgehead atoms. The maximum atomic E-state index is 12.2. The van der Waals surface area contributed by atoms with E-state index in [2.05, 4.69) is 0 Å². The number of aliphatic hydroxyl groups is 1. The number of rotatable bonds is 4. The van der Waals surface area contributed by atoms with Crippen LogP contribution in [-0.4, -0.2) is 37.5 Å². The van der Waals surface area contributed by atoms with Crippen LogP contribution in [0.3, 0.4) is 0 Å². The van der Waals surface area contributed by atoms with Crippen molar-refractivity contribution in [2.75, 3.05) is 19.7 Å². The molecule has 5 heteroatoms. The molecule has 1 saturated heterocycles. The second kappa shape index (κ2) is 5.16. The fraction of sp³-hybridized carbons (Fsp3) is 0.500. The van der Waals surface area contributed by atoms with Crippen molar-refractivity contribution in [3.05, 3.63) is 29.8 Å². The summed E-state index contributed by atoms with van der Waals surface area (Å²) in [6.07, 6.45) is 2.45. The summed E-state index contributed by atoms with van der Waals surface area (Å²) in [5, 5.41) is 8.79. The first-order valence-corrected chi connectivity index (χ1v) is 7.28. The molecule has 0 unspecified atom stereocenters. The van der Waals surface area contributed by atoms with E-state index in [1.54, 1.807) is 24.3 Å². The molecule has 1 aromatic carbocycles. The number of hydrogen-bond donors (Lipinski definition) is 1. The lowest BCUT2D eigenvalue weighted by Crippen LogP contribution is -2.27. The third-order valence-corrected chi connectivity index (χ3v) is 4.94. The van der Waals surface area contributed by atoms with Crippen molar-refractivity contribution < 1.29 is 13.5 Å². The summed E-state index contributed by atoms with van der Waals surface area (Å²) < 4.78 is 25.9. The van der Waals surface area contributed by atoms with Gasteiger partial charge in [0.1, 0.15) is 0 Å². The van der Waals surface area contributed by atoms with Crippen molar-refractivity contribution in [2.45, 2.75) is 24.2 Å². The van der Waals surface area contributed by atoms with Crippen molar-refractivity contribution >= 4 is 10.0 Å². The van der Waals surface area contributed by atoms with Gasteiger partial charge in [-0.05, 0) is 37.0 Å². The zero-order valence-electron chi connectivity index (χ0n) is 9.67. The van der Waals surface area contributed by atoms with Gasteiger partial charge in [0.2, 0.25) is 10.0 Å². The third kappa shape index (κ3) is 2.68. The lowest BCUT2D eigenvalue weighted by molar-refractivity contribution is 0.299. The predicted octanol–water partition coefficient (Wildman–Crippen LogP) is 1.01. The molecule has 0 saturated carbocycles. The second-order valence-corrected chi connectivity index (χ2v) is 6.17. The molecule has 0 amide bonds. The van der Waals surface area contributed by atoms with Crippen LogP contribution in [0.4, 0.5) is 0 Å². The van der Waals surface area contributed by atoms with Crippen LogP contribution >= 0.6 is 0 Å².